The Morgan fingerprint density at radius 2 is 1.84 bits per heavy atom. The lowest BCUT2D eigenvalue weighted by atomic mass is 9.54. The highest BCUT2D eigenvalue weighted by molar-refractivity contribution is 6.25. The lowest BCUT2D eigenvalue weighted by molar-refractivity contribution is -0.184. The Bertz CT molecular complexity index is 1290. The van der Waals surface area contributed by atoms with Gasteiger partial charge in [-0.05, 0) is 57.5 Å². The van der Waals surface area contributed by atoms with Gasteiger partial charge >= 0.3 is 6.03 Å². The summed E-state index contributed by atoms with van der Waals surface area (Å²) in [6.45, 7) is 1.58. The van der Waals surface area contributed by atoms with Gasteiger partial charge in [0.2, 0.25) is 11.7 Å². The van der Waals surface area contributed by atoms with E-state index in [1.54, 1.807) is 21.0 Å². The van der Waals surface area contributed by atoms with Crippen LogP contribution in [0.5, 0.6) is 5.75 Å². The quantitative estimate of drug-likeness (QED) is 0.141. The SMILES string of the molecule is C/C(=N/NC(N)=O)c1ccc(O)c2c1C[C@H]1C[C@H]3[C@H](N(C)C)[C@@H](O)C(C(N)=O)C(=O)[C@@]3(O)C(=O)C1=C2O. The minimum atomic E-state index is -2.72. The van der Waals surface area contributed by atoms with Crippen molar-refractivity contribution < 1.29 is 39.6 Å². The minimum Gasteiger partial charge on any atom is -0.507 e. The molecule has 37 heavy (non-hydrogen) atoms. The molecule has 3 amide bonds. The van der Waals surface area contributed by atoms with Gasteiger partial charge in [0.05, 0.1) is 17.4 Å². The second-order valence-corrected chi connectivity index (χ2v) is 9.95. The fourth-order valence-electron chi connectivity index (χ4n) is 6.14. The summed E-state index contributed by atoms with van der Waals surface area (Å²) in [6, 6.07) is 0.926. The van der Waals surface area contributed by atoms with Gasteiger partial charge in [-0.25, -0.2) is 10.2 Å². The number of likely N-dealkylation sites (N-methyl/N-ethyl adjacent to an activating group) is 1. The van der Waals surface area contributed by atoms with Crippen LogP contribution in [0.4, 0.5) is 4.79 Å². The maximum atomic E-state index is 13.8. The fraction of sp³-hybridized carbons (Fsp3) is 0.458. The van der Waals surface area contributed by atoms with Gasteiger partial charge in [-0.1, -0.05) is 0 Å². The van der Waals surface area contributed by atoms with Crippen molar-refractivity contribution in [2.75, 3.05) is 14.1 Å². The molecule has 3 aliphatic carbocycles. The van der Waals surface area contributed by atoms with Crippen molar-refractivity contribution in [1.29, 1.82) is 0 Å². The highest BCUT2D eigenvalue weighted by Crippen LogP contribution is 2.52. The summed E-state index contributed by atoms with van der Waals surface area (Å²) in [6.07, 6.45) is -1.48. The summed E-state index contributed by atoms with van der Waals surface area (Å²) in [4.78, 5) is 51.8. The van der Waals surface area contributed by atoms with E-state index >= 15 is 0 Å². The molecule has 0 spiro atoms. The molecule has 0 radical (unpaired) electrons. The van der Waals surface area contributed by atoms with Gasteiger partial charge < -0.3 is 36.8 Å². The number of ketones is 2. The molecule has 2 saturated carbocycles. The molecule has 0 aliphatic heterocycles. The number of nitrogens with two attached hydrogens (primary N) is 2. The number of hydrogen-bond acceptors (Lipinski definition) is 10. The highest BCUT2D eigenvalue weighted by atomic mass is 16.3. The first-order valence-corrected chi connectivity index (χ1v) is 11.6. The zero-order chi connectivity index (χ0) is 27.6. The number of aromatic hydroxyl groups is 1. The van der Waals surface area contributed by atoms with Crippen LogP contribution in [-0.2, 0) is 20.8 Å². The summed E-state index contributed by atoms with van der Waals surface area (Å²) in [5, 5.41) is 48.2. The molecule has 6 atom stereocenters. The third-order valence-electron chi connectivity index (χ3n) is 7.70. The zero-order valence-electron chi connectivity index (χ0n) is 20.4. The molecular weight excluding hydrogens is 486 g/mol. The van der Waals surface area contributed by atoms with Crippen molar-refractivity contribution >= 4 is 35.0 Å². The van der Waals surface area contributed by atoms with Crippen LogP contribution in [-0.4, -0.2) is 86.4 Å². The lowest BCUT2D eigenvalue weighted by Gasteiger charge is -2.53. The monoisotopic (exact) mass is 515 g/mol. The van der Waals surface area contributed by atoms with Crippen molar-refractivity contribution in [3.63, 3.8) is 0 Å². The standard InChI is InChI=1S/C24H29N5O8/c1-8(27-28-23(26)36)10-4-5-13(30)15-11(10)6-9-7-12-17(29(2)3)19(32)16(22(25)35)21(34)24(12,37)20(33)14(9)18(15)31/h4-5,9,12,16-17,19,30-32,37H,6-7H2,1-3H3,(H2,25,35)(H3,26,28,36)/b27-8-/t9-,12-,16?,17-,19-,24-/m0/s1. The molecule has 2 fully saturated rings. The maximum Gasteiger partial charge on any atom is 0.332 e. The van der Waals surface area contributed by atoms with Crippen molar-refractivity contribution in [2.45, 2.75) is 37.5 Å². The molecule has 1 aromatic rings. The number of aliphatic hydroxyl groups is 3. The van der Waals surface area contributed by atoms with Crippen LogP contribution in [0.25, 0.3) is 5.76 Å². The van der Waals surface area contributed by atoms with Gasteiger partial charge in [0.25, 0.3) is 0 Å². The summed E-state index contributed by atoms with van der Waals surface area (Å²) in [7, 11) is 3.15. The molecule has 0 bridgehead atoms. The Kier molecular flexibility index (Phi) is 6.34. The molecule has 0 saturated heterocycles. The predicted molar refractivity (Wildman–Crippen MR) is 129 cm³/mol. The minimum absolute atomic E-state index is 0.0109. The van der Waals surface area contributed by atoms with Crippen molar-refractivity contribution in [3.05, 3.63) is 34.4 Å². The zero-order valence-corrected chi connectivity index (χ0v) is 20.4. The number of carbonyl (C=O) groups excluding carboxylic acids is 4. The molecule has 1 unspecified atom stereocenters. The van der Waals surface area contributed by atoms with Crippen LogP contribution in [0.15, 0.2) is 22.8 Å². The summed E-state index contributed by atoms with van der Waals surface area (Å²) in [5.41, 5.74) is 10.7. The average molecular weight is 516 g/mol. The van der Waals surface area contributed by atoms with E-state index in [9.17, 15) is 39.6 Å². The lowest BCUT2D eigenvalue weighted by Crippen LogP contribution is -2.73. The second kappa shape index (κ2) is 8.94. The Balaban J connectivity index is 1.91. The molecular formula is C24H29N5O8. The number of benzene rings is 1. The number of Topliss-reactive ketones (excluding diaryl/α,β-unsaturated/α-hetero) is 2. The smallest absolute Gasteiger partial charge is 0.332 e. The Morgan fingerprint density at radius 1 is 1.19 bits per heavy atom. The number of carbonyl (C=O) groups is 4. The van der Waals surface area contributed by atoms with Gasteiger partial charge in [-0.2, -0.15) is 5.10 Å². The van der Waals surface area contributed by atoms with E-state index in [0.717, 1.165) is 0 Å². The number of rotatable bonds is 4. The Morgan fingerprint density at radius 3 is 2.41 bits per heavy atom. The summed E-state index contributed by atoms with van der Waals surface area (Å²) < 4.78 is 0. The van der Waals surface area contributed by atoms with Gasteiger partial charge in [0.15, 0.2) is 11.4 Å². The van der Waals surface area contributed by atoms with Crippen molar-refractivity contribution in [3.8, 4) is 5.75 Å². The number of phenolic OH excluding ortho intramolecular Hbond substituents is 1. The molecule has 1 aromatic carbocycles. The van der Waals surface area contributed by atoms with E-state index in [1.807, 2.05) is 0 Å². The number of urea groups is 1. The number of primary amides is 2. The summed E-state index contributed by atoms with van der Waals surface area (Å²) in [5.74, 6) is -8.13. The van der Waals surface area contributed by atoms with Crippen molar-refractivity contribution in [2.24, 2.45) is 34.3 Å². The predicted octanol–water partition coefficient (Wildman–Crippen LogP) is -1.48. The van der Waals surface area contributed by atoms with E-state index in [0.29, 0.717) is 16.8 Å². The fourth-order valence-corrected chi connectivity index (χ4v) is 6.14. The third-order valence-corrected chi connectivity index (χ3v) is 7.70. The molecule has 13 nitrogen and oxygen atoms in total. The van der Waals surface area contributed by atoms with Crippen LogP contribution < -0.4 is 16.9 Å². The molecule has 0 aromatic heterocycles. The number of fused-ring (bicyclic) bond motifs is 3. The topological polar surface area (TPSA) is 229 Å². The van der Waals surface area contributed by atoms with E-state index in [4.69, 9.17) is 11.5 Å². The van der Waals surface area contributed by atoms with Crippen LogP contribution in [0.1, 0.15) is 30.0 Å². The van der Waals surface area contributed by atoms with E-state index in [2.05, 4.69) is 10.5 Å². The number of hydrogen-bond donors (Lipinski definition) is 7. The number of amides is 3. The van der Waals surface area contributed by atoms with Gasteiger partial charge in [-0.15, -0.1) is 0 Å². The molecule has 198 valence electrons. The average Bonchev–Trinajstić information content (AvgIpc) is 2.79. The van der Waals surface area contributed by atoms with E-state index in [-0.39, 0.29) is 29.7 Å². The molecule has 13 heteroatoms. The number of phenols is 1. The van der Waals surface area contributed by atoms with Crippen LogP contribution in [0.3, 0.4) is 0 Å². The first kappa shape index (κ1) is 26.3. The number of aliphatic hydroxyl groups excluding tert-OH is 2. The molecule has 9 N–H and O–H groups in total. The maximum absolute atomic E-state index is 13.8. The molecule has 0 heterocycles. The van der Waals surface area contributed by atoms with E-state index < -0.39 is 64.8 Å². The Hall–Kier alpha value is -3.81. The Labute approximate surface area is 211 Å². The molecule has 3 aliphatic rings. The van der Waals surface area contributed by atoms with Gasteiger partial charge in [0, 0.05) is 23.1 Å². The van der Waals surface area contributed by atoms with Gasteiger partial charge in [-0.3, -0.25) is 14.4 Å². The van der Waals surface area contributed by atoms with E-state index in [1.165, 1.54) is 17.0 Å². The van der Waals surface area contributed by atoms with Crippen LogP contribution in [0, 0.1) is 17.8 Å². The third kappa shape index (κ3) is 3.77. The molecule has 4 rings (SSSR count). The largest absolute Gasteiger partial charge is 0.507 e. The normalized spacial score (nSPS) is 31.5. The first-order chi connectivity index (χ1) is 17.2. The number of nitrogens with zero attached hydrogens (tertiary/aromatic N) is 2. The van der Waals surface area contributed by atoms with Crippen LogP contribution >= 0.6 is 0 Å². The number of hydrazone groups is 1. The number of nitrogens with one attached hydrogen (secondary N) is 1. The first-order valence-electron chi connectivity index (χ1n) is 11.6. The van der Waals surface area contributed by atoms with Crippen molar-refractivity contribution in [1.82, 2.24) is 10.3 Å². The van der Waals surface area contributed by atoms with Crippen LogP contribution in [0.2, 0.25) is 0 Å². The summed E-state index contributed by atoms with van der Waals surface area (Å²) >= 11 is 0. The highest BCUT2D eigenvalue weighted by Gasteiger charge is 2.67. The van der Waals surface area contributed by atoms with Gasteiger partial charge in [0.1, 0.15) is 17.4 Å². The second-order valence-electron chi connectivity index (χ2n) is 9.95.